The van der Waals surface area contributed by atoms with Gasteiger partial charge in [-0.15, -0.1) is 0 Å². The molecule has 1 amide bonds. The number of aromatic nitrogens is 1. The number of aryl methyl sites for hydroxylation is 1. The predicted octanol–water partition coefficient (Wildman–Crippen LogP) is 2.96. The van der Waals surface area contributed by atoms with Gasteiger partial charge >= 0.3 is 0 Å². The lowest BCUT2D eigenvalue weighted by molar-refractivity contribution is -0.131. The Labute approximate surface area is 141 Å². The molecule has 0 bridgehead atoms. The third kappa shape index (κ3) is 2.28. The lowest BCUT2D eigenvalue weighted by Crippen LogP contribution is -2.31. The largest absolute Gasteiger partial charge is 0.497 e. The number of carbonyl (C=O) groups excluding carboxylic acids is 1. The van der Waals surface area contributed by atoms with E-state index in [-0.39, 0.29) is 17.9 Å². The summed E-state index contributed by atoms with van der Waals surface area (Å²) in [6.07, 6.45) is 5.50. The third-order valence-corrected chi connectivity index (χ3v) is 4.90. The fourth-order valence-corrected chi connectivity index (χ4v) is 3.77. The molecule has 0 spiro atoms. The van der Waals surface area contributed by atoms with E-state index in [1.54, 1.807) is 31.4 Å². The molecule has 0 N–H and O–H groups in total. The van der Waals surface area contributed by atoms with E-state index in [1.807, 2.05) is 24.3 Å². The Morgan fingerprint density at radius 3 is 2.75 bits per heavy atom. The Balaban J connectivity index is 1.81. The topological polar surface area (TPSA) is 54.8 Å². The first-order chi connectivity index (χ1) is 11.7. The summed E-state index contributed by atoms with van der Waals surface area (Å²) in [5.41, 5.74) is 4.44. The summed E-state index contributed by atoms with van der Waals surface area (Å²) in [5, 5.41) is 6.34. The first-order valence-electron chi connectivity index (χ1n) is 8.14. The highest BCUT2D eigenvalue weighted by Gasteiger charge is 2.43. The minimum absolute atomic E-state index is 0.0387. The van der Waals surface area contributed by atoms with Crippen LogP contribution in [-0.2, 0) is 11.2 Å². The van der Waals surface area contributed by atoms with Crippen LogP contribution in [-0.4, -0.2) is 28.7 Å². The monoisotopic (exact) mass is 321 g/mol. The number of benzene rings is 1. The number of ether oxygens (including phenoxy) is 1. The van der Waals surface area contributed by atoms with Gasteiger partial charge in [0.25, 0.3) is 0 Å². The fraction of sp³-hybridized carbons (Fsp3) is 0.316. The zero-order chi connectivity index (χ0) is 16.7. The molecule has 122 valence electrons. The Hall–Kier alpha value is -2.69. The van der Waals surface area contributed by atoms with Crippen molar-refractivity contribution in [3.05, 3.63) is 59.4 Å². The molecule has 2 heterocycles. The maximum Gasteiger partial charge on any atom is 0.240 e. The molecular formula is C19H19N3O2. The van der Waals surface area contributed by atoms with Crippen molar-refractivity contribution in [1.82, 2.24) is 9.99 Å². The molecule has 1 aliphatic heterocycles. The summed E-state index contributed by atoms with van der Waals surface area (Å²) in [6.45, 7) is 1.57. The molecule has 2 atom stereocenters. The summed E-state index contributed by atoms with van der Waals surface area (Å²) >= 11 is 0. The number of fused-ring (bicyclic) bond motifs is 3. The highest BCUT2D eigenvalue weighted by Crippen LogP contribution is 2.43. The number of pyridine rings is 1. The molecular weight excluding hydrogens is 302 g/mol. The molecule has 0 fully saturated rings. The molecule has 2 aliphatic rings. The van der Waals surface area contributed by atoms with E-state index >= 15 is 0 Å². The quantitative estimate of drug-likeness (QED) is 0.854. The van der Waals surface area contributed by atoms with E-state index in [9.17, 15) is 4.79 Å². The summed E-state index contributed by atoms with van der Waals surface area (Å²) < 4.78 is 5.37. The molecule has 24 heavy (non-hydrogen) atoms. The van der Waals surface area contributed by atoms with Gasteiger partial charge in [0.2, 0.25) is 5.91 Å². The lowest BCUT2D eigenvalue weighted by Gasteiger charge is -2.29. The van der Waals surface area contributed by atoms with Gasteiger partial charge in [-0.05, 0) is 48.2 Å². The molecule has 1 aromatic carbocycles. The normalized spacial score (nSPS) is 21.8. The van der Waals surface area contributed by atoms with Crippen molar-refractivity contribution < 1.29 is 9.53 Å². The van der Waals surface area contributed by atoms with E-state index in [0.717, 1.165) is 35.4 Å². The van der Waals surface area contributed by atoms with Crippen LogP contribution >= 0.6 is 0 Å². The Kier molecular flexibility index (Phi) is 3.56. The van der Waals surface area contributed by atoms with Crippen LogP contribution in [0.4, 0.5) is 0 Å². The van der Waals surface area contributed by atoms with Crippen LogP contribution in [0.2, 0.25) is 0 Å². The van der Waals surface area contributed by atoms with Crippen molar-refractivity contribution in [2.45, 2.75) is 25.8 Å². The number of rotatable bonds is 2. The minimum atomic E-state index is -0.0557. The van der Waals surface area contributed by atoms with E-state index in [2.05, 4.69) is 11.1 Å². The van der Waals surface area contributed by atoms with Gasteiger partial charge in [-0.3, -0.25) is 9.78 Å². The molecule has 0 unspecified atom stereocenters. The van der Waals surface area contributed by atoms with Gasteiger partial charge in [-0.2, -0.15) is 5.10 Å². The van der Waals surface area contributed by atoms with Crippen molar-refractivity contribution in [3.8, 4) is 5.75 Å². The van der Waals surface area contributed by atoms with E-state index in [0.29, 0.717) is 0 Å². The maximum absolute atomic E-state index is 12.2. The summed E-state index contributed by atoms with van der Waals surface area (Å²) in [4.78, 5) is 16.3. The van der Waals surface area contributed by atoms with Gasteiger partial charge < -0.3 is 4.74 Å². The van der Waals surface area contributed by atoms with Crippen LogP contribution in [0.1, 0.15) is 36.1 Å². The molecule has 0 radical (unpaired) electrons. The van der Waals surface area contributed by atoms with Gasteiger partial charge in [0.05, 0.1) is 18.9 Å². The van der Waals surface area contributed by atoms with E-state index < -0.39 is 0 Å². The molecule has 2 aromatic rings. The Bertz CT molecular complexity index is 817. The maximum atomic E-state index is 12.2. The van der Waals surface area contributed by atoms with Gasteiger partial charge in [0.1, 0.15) is 5.75 Å². The number of amides is 1. The second kappa shape index (κ2) is 5.74. The number of nitrogens with zero attached hydrogens (tertiary/aromatic N) is 3. The molecule has 0 saturated heterocycles. The van der Waals surface area contributed by atoms with Crippen LogP contribution in [0.3, 0.4) is 0 Å². The molecule has 0 saturated carbocycles. The van der Waals surface area contributed by atoms with E-state index in [1.165, 1.54) is 5.56 Å². The fourth-order valence-electron chi connectivity index (χ4n) is 3.77. The molecule has 4 rings (SSSR count). The standard InChI is InChI=1S/C19H19N3O2/c1-12(23)22-19(14-7-9-20-10-8-14)16-6-4-13-3-5-15(24-2)11-17(13)18(16)21-22/h3,5,7-11,16,19H,4,6H2,1-2H3/t16-,19-/m0/s1. The van der Waals surface area contributed by atoms with Crippen LogP contribution in [0, 0.1) is 5.92 Å². The van der Waals surface area contributed by atoms with Crippen LogP contribution in [0.5, 0.6) is 5.75 Å². The molecule has 1 aromatic heterocycles. The summed E-state index contributed by atoms with van der Waals surface area (Å²) in [5.74, 6) is 0.984. The number of hydrogen-bond acceptors (Lipinski definition) is 4. The van der Waals surface area contributed by atoms with Crippen molar-refractivity contribution in [2.75, 3.05) is 7.11 Å². The second-order valence-corrected chi connectivity index (χ2v) is 6.24. The first kappa shape index (κ1) is 14.9. The molecule has 1 aliphatic carbocycles. The predicted molar refractivity (Wildman–Crippen MR) is 90.8 cm³/mol. The first-order valence-corrected chi connectivity index (χ1v) is 8.14. The van der Waals surface area contributed by atoms with Crippen LogP contribution in [0.25, 0.3) is 0 Å². The van der Waals surface area contributed by atoms with Crippen molar-refractivity contribution in [1.29, 1.82) is 0 Å². The van der Waals surface area contributed by atoms with Gasteiger partial charge in [-0.1, -0.05) is 6.07 Å². The zero-order valence-corrected chi connectivity index (χ0v) is 13.8. The lowest BCUT2D eigenvalue weighted by atomic mass is 9.77. The van der Waals surface area contributed by atoms with Gasteiger partial charge in [0, 0.05) is 30.8 Å². The number of carbonyl (C=O) groups is 1. The van der Waals surface area contributed by atoms with Crippen molar-refractivity contribution in [2.24, 2.45) is 11.0 Å². The highest BCUT2D eigenvalue weighted by molar-refractivity contribution is 6.07. The summed E-state index contributed by atoms with van der Waals surface area (Å²) in [7, 11) is 1.67. The average Bonchev–Trinajstić information content (AvgIpc) is 3.02. The number of hydrazone groups is 1. The molecule has 5 nitrogen and oxygen atoms in total. The zero-order valence-electron chi connectivity index (χ0n) is 13.8. The Morgan fingerprint density at radius 1 is 1.25 bits per heavy atom. The Morgan fingerprint density at radius 2 is 2.04 bits per heavy atom. The van der Waals surface area contributed by atoms with Crippen molar-refractivity contribution >= 4 is 11.6 Å². The van der Waals surface area contributed by atoms with Crippen LogP contribution < -0.4 is 4.74 Å². The molecule has 5 heteroatoms. The van der Waals surface area contributed by atoms with Crippen molar-refractivity contribution in [3.63, 3.8) is 0 Å². The summed E-state index contributed by atoms with van der Waals surface area (Å²) in [6, 6.07) is 10.0. The van der Waals surface area contributed by atoms with E-state index in [4.69, 9.17) is 9.84 Å². The van der Waals surface area contributed by atoms with Gasteiger partial charge in [-0.25, -0.2) is 5.01 Å². The smallest absolute Gasteiger partial charge is 0.240 e. The van der Waals surface area contributed by atoms with Crippen LogP contribution in [0.15, 0.2) is 47.8 Å². The number of hydrogen-bond donors (Lipinski definition) is 0. The van der Waals surface area contributed by atoms with Gasteiger partial charge in [0.15, 0.2) is 0 Å². The average molecular weight is 321 g/mol. The third-order valence-electron chi connectivity index (χ3n) is 4.90. The highest BCUT2D eigenvalue weighted by atomic mass is 16.5. The number of methoxy groups -OCH3 is 1. The second-order valence-electron chi connectivity index (χ2n) is 6.24. The minimum Gasteiger partial charge on any atom is -0.497 e. The SMILES string of the molecule is COc1ccc2c(c1)C1=NN(C(C)=O)[C@@H](c3ccncc3)[C@H]1CC2.